The molecule has 2 rings (SSSR count). The molecule has 0 amide bonds. The van der Waals surface area contributed by atoms with Crippen LogP contribution in [0, 0.1) is 0 Å². The van der Waals surface area contributed by atoms with Crippen LogP contribution in [0.3, 0.4) is 0 Å². The second kappa shape index (κ2) is 10.6. The molecule has 1 aliphatic rings. The van der Waals surface area contributed by atoms with Crippen LogP contribution in [0.25, 0.3) is 0 Å². The average Bonchev–Trinajstić information content (AvgIpc) is 2.48. The predicted molar refractivity (Wildman–Crippen MR) is 98.4 cm³/mol. The molecule has 1 aliphatic heterocycles. The summed E-state index contributed by atoms with van der Waals surface area (Å²) in [4.78, 5) is 2.40. The number of halogens is 3. The van der Waals surface area contributed by atoms with E-state index in [1.54, 1.807) is 7.11 Å². The molecule has 1 saturated heterocycles. The van der Waals surface area contributed by atoms with E-state index in [0.717, 1.165) is 38.0 Å². The van der Waals surface area contributed by atoms with Crippen molar-refractivity contribution in [3.8, 4) is 5.75 Å². The van der Waals surface area contributed by atoms with E-state index >= 15 is 0 Å². The van der Waals surface area contributed by atoms with Crippen LogP contribution in [0.5, 0.6) is 5.75 Å². The van der Waals surface area contributed by atoms with Crippen LogP contribution in [0.1, 0.15) is 18.4 Å². The van der Waals surface area contributed by atoms with Gasteiger partial charge in [-0.1, -0.05) is 23.2 Å². The molecule has 1 aromatic rings. The van der Waals surface area contributed by atoms with Gasteiger partial charge in [0.05, 0.1) is 16.7 Å². The summed E-state index contributed by atoms with van der Waals surface area (Å²) in [5.74, 6) is 0.532. The molecule has 0 unspecified atom stereocenters. The fourth-order valence-corrected chi connectivity index (χ4v) is 3.34. The summed E-state index contributed by atoms with van der Waals surface area (Å²) in [6.07, 6.45) is 3.21. The van der Waals surface area contributed by atoms with E-state index in [-0.39, 0.29) is 12.4 Å². The number of hydrogen-bond acceptors (Lipinski definition) is 4. The van der Waals surface area contributed by atoms with E-state index in [4.69, 9.17) is 38.4 Å². The minimum atomic E-state index is 0. The number of nitrogens with two attached hydrogens (primary N) is 1. The number of piperidine rings is 1. The number of nitrogens with zero attached hydrogens (tertiary/aromatic N) is 1. The van der Waals surface area contributed by atoms with Crippen molar-refractivity contribution in [2.75, 3.05) is 40.0 Å². The first kappa shape index (κ1) is 20.8. The van der Waals surface area contributed by atoms with E-state index in [1.165, 1.54) is 6.42 Å². The third kappa shape index (κ3) is 6.65. The van der Waals surface area contributed by atoms with Gasteiger partial charge in [-0.15, -0.1) is 12.4 Å². The molecular formula is C16H25Cl3N2O2. The van der Waals surface area contributed by atoms with E-state index < -0.39 is 0 Å². The quantitative estimate of drug-likeness (QED) is 0.733. The number of benzene rings is 1. The topological polar surface area (TPSA) is 47.7 Å². The number of likely N-dealkylation sites (tertiary alicyclic amines) is 1. The summed E-state index contributed by atoms with van der Waals surface area (Å²) in [6.45, 7) is 4.00. The second-order valence-corrected chi connectivity index (χ2v) is 6.50. The van der Waals surface area contributed by atoms with Crippen molar-refractivity contribution in [3.05, 3.63) is 27.7 Å². The van der Waals surface area contributed by atoms with E-state index in [9.17, 15) is 0 Å². The Hall–Kier alpha value is -0.230. The van der Waals surface area contributed by atoms with E-state index in [0.29, 0.717) is 35.1 Å². The van der Waals surface area contributed by atoms with Crippen molar-refractivity contribution < 1.29 is 9.47 Å². The molecule has 1 fully saturated rings. The average molecular weight is 384 g/mol. The number of ether oxygens (including phenoxy) is 2. The smallest absolute Gasteiger partial charge is 0.156 e. The van der Waals surface area contributed by atoms with Gasteiger partial charge >= 0.3 is 0 Å². The number of hydrogen-bond donors (Lipinski definition) is 1. The Kier molecular flexibility index (Phi) is 9.59. The van der Waals surface area contributed by atoms with Crippen molar-refractivity contribution in [2.24, 2.45) is 5.73 Å². The van der Waals surface area contributed by atoms with Crippen LogP contribution in [-0.4, -0.2) is 50.9 Å². The molecule has 132 valence electrons. The molecule has 0 aliphatic carbocycles. The molecule has 1 aromatic carbocycles. The van der Waals surface area contributed by atoms with Gasteiger partial charge in [-0.2, -0.15) is 0 Å². The zero-order chi connectivity index (χ0) is 15.9. The fourth-order valence-electron chi connectivity index (χ4n) is 2.70. The number of rotatable bonds is 7. The van der Waals surface area contributed by atoms with Gasteiger partial charge in [0.1, 0.15) is 6.61 Å². The molecule has 0 spiro atoms. The third-order valence-electron chi connectivity index (χ3n) is 3.85. The Morgan fingerprint density at radius 2 is 1.96 bits per heavy atom. The Morgan fingerprint density at radius 3 is 2.57 bits per heavy atom. The van der Waals surface area contributed by atoms with Gasteiger partial charge in [0.25, 0.3) is 0 Å². The summed E-state index contributed by atoms with van der Waals surface area (Å²) in [7, 11) is 1.63. The molecule has 7 heteroatoms. The van der Waals surface area contributed by atoms with Crippen LogP contribution in [0.4, 0.5) is 0 Å². The largest absolute Gasteiger partial charge is 0.488 e. The Bertz CT molecular complexity index is 465. The maximum atomic E-state index is 6.27. The Balaban J connectivity index is 0.00000264. The molecule has 0 aromatic heterocycles. The van der Waals surface area contributed by atoms with Crippen LogP contribution in [-0.2, 0) is 11.2 Å². The van der Waals surface area contributed by atoms with Crippen molar-refractivity contribution >= 4 is 35.6 Å². The molecule has 0 radical (unpaired) electrons. The summed E-state index contributed by atoms with van der Waals surface area (Å²) in [6, 6.07) is 4.16. The highest BCUT2D eigenvalue weighted by molar-refractivity contribution is 6.37. The molecule has 4 nitrogen and oxygen atoms in total. The van der Waals surface area contributed by atoms with Gasteiger partial charge in [-0.3, -0.25) is 0 Å². The van der Waals surface area contributed by atoms with Crippen molar-refractivity contribution in [2.45, 2.75) is 25.3 Å². The second-order valence-electron chi connectivity index (χ2n) is 5.68. The summed E-state index contributed by atoms with van der Waals surface area (Å²) in [5, 5.41) is 1.10. The predicted octanol–water partition coefficient (Wildman–Crippen LogP) is 3.41. The third-order valence-corrected chi connectivity index (χ3v) is 4.41. The highest BCUT2D eigenvalue weighted by Gasteiger charge is 2.17. The first-order valence-corrected chi connectivity index (χ1v) is 8.43. The van der Waals surface area contributed by atoms with Gasteiger partial charge < -0.3 is 20.1 Å². The molecular weight excluding hydrogens is 359 g/mol. The maximum Gasteiger partial charge on any atom is 0.156 e. The van der Waals surface area contributed by atoms with Gasteiger partial charge in [-0.05, 0) is 43.5 Å². The zero-order valence-corrected chi connectivity index (χ0v) is 15.7. The van der Waals surface area contributed by atoms with Gasteiger partial charge in [-0.25, -0.2) is 0 Å². The van der Waals surface area contributed by atoms with Crippen LogP contribution in [0.2, 0.25) is 10.0 Å². The van der Waals surface area contributed by atoms with Crippen LogP contribution >= 0.6 is 35.6 Å². The first-order chi connectivity index (χ1) is 10.6. The van der Waals surface area contributed by atoms with Crippen molar-refractivity contribution in [3.63, 3.8) is 0 Å². The standard InChI is InChI=1S/C16H24Cl2N2O2.ClH/c1-21-7-8-22-16-14(17)9-12(10-15(16)18)4-6-20-5-2-3-13(19)11-20;/h9-10,13H,2-8,11,19H2,1H3;1H/t13-;/m0./s1. The molecule has 2 N–H and O–H groups in total. The van der Waals surface area contributed by atoms with Crippen LogP contribution < -0.4 is 10.5 Å². The summed E-state index contributed by atoms with van der Waals surface area (Å²) in [5.41, 5.74) is 7.13. The summed E-state index contributed by atoms with van der Waals surface area (Å²) < 4.78 is 10.5. The lowest BCUT2D eigenvalue weighted by atomic mass is 10.1. The highest BCUT2D eigenvalue weighted by atomic mass is 35.5. The lowest BCUT2D eigenvalue weighted by molar-refractivity contribution is 0.146. The monoisotopic (exact) mass is 382 g/mol. The Morgan fingerprint density at radius 1 is 1.26 bits per heavy atom. The lowest BCUT2D eigenvalue weighted by Crippen LogP contribution is -2.43. The normalized spacial score (nSPS) is 18.5. The number of methoxy groups -OCH3 is 1. The fraction of sp³-hybridized carbons (Fsp3) is 0.625. The lowest BCUT2D eigenvalue weighted by Gasteiger charge is -2.30. The van der Waals surface area contributed by atoms with E-state index in [2.05, 4.69) is 4.90 Å². The minimum Gasteiger partial charge on any atom is -0.488 e. The molecule has 0 saturated carbocycles. The SMILES string of the molecule is COCCOc1c(Cl)cc(CCN2CCC[C@H](N)C2)cc1Cl.Cl. The summed E-state index contributed by atoms with van der Waals surface area (Å²) >= 11 is 12.5. The van der Waals surface area contributed by atoms with Gasteiger partial charge in [0.15, 0.2) is 5.75 Å². The maximum absolute atomic E-state index is 6.27. The van der Waals surface area contributed by atoms with Gasteiger partial charge in [0.2, 0.25) is 0 Å². The zero-order valence-electron chi connectivity index (χ0n) is 13.4. The van der Waals surface area contributed by atoms with E-state index in [1.807, 2.05) is 12.1 Å². The molecule has 23 heavy (non-hydrogen) atoms. The molecule has 1 atom stereocenters. The van der Waals surface area contributed by atoms with Crippen LogP contribution in [0.15, 0.2) is 12.1 Å². The first-order valence-electron chi connectivity index (χ1n) is 7.67. The van der Waals surface area contributed by atoms with Crippen molar-refractivity contribution in [1.82, 2.24) is 4.90 Å². The van der Waals surface area contributed by atoms with Crippen molar-refractivity contribution in [1.29, 1.82) is 0 Å². The molecule has 1 heterocycles. The van der Waals surface area contributed by atoms with Gasteiger partial charge in [0, 0.05) is 26.2 Å². The Labute approximate surface area is 154 Å². The minimum absolute atomic E-state index is 0. The highest BCUT2D eigenvalue weighted by Crippen LogP contribution is 2.34. The molecule has 0 bridgehead atoms.